The fraction of sp³-hybridized carbons (Fsp3) is 0.304. The Morgan fingerprint density at radius 3 is 2.32 bits per heavy atom. The number of fused-ring (bicyclic) bond motifs is 1. The molecule has 0 radical (unpaired) electrons. The fourth-order valence-electron chi connectivity index (χ4n) is 3.53. The van der Waals surface area contributed by atoms with E-state index in [0.29, 0.717) is 11.3 Å². The molecule has 0 bridgehead atoms. The first kappa shape index (κ1) is 19.7. The summed E-state index contributed by atoms with van der Waals surface area (Å²) >= 11 is 0. The Morgan fingerprint density at radius 2 is 1.68 bits per heavy atom. The molecule has 4 N–H and O–H groups in total. The minimum atomic E-state index is -0.465. The van der Waals surface area contributed by atoms with Crippen molar-refractivity contribution >= 4 is 22.7 Å². The van der Waals surface area contributed by atoms with Crippen molar-refractivity contribution in [3.05, 3.63) is 71.4 Å². The molecule has 0 saturated carbocycles. The Bertz CT molecular complexity index is 984. The van der Waals surface area contributed by atoms with E-state index in [1.54, 1.807) is 0 Å². The monoisotopic (exact) mass is 377 g/mol. The summed E-state index contributed by atoms with van der Waals surface area (Å²) in [5.74, 6) is -0.696. The third kappa shape index (κ3) is 4.60. The topological polar surface area (TPSA) is 88.0 Å². The van der Waals surface area contributed by atoms with Gasteiger partial charge in [-0.05, 0) is 29.0 Å². The van der Waals surface area contributed by atoms with E-state index >= 15 is 0 Å². The Kier molecular flexibility index (Phi) is 5.54. The van der Waals surface area contributed by atoms with Crippen LogP contribution in [0.1, 0.15) is 54.8 Å². The molecule has 5 heteroatoms. The van der Waals surface area contributed by atoms with Crippen LogP contribution in [-0.4, -0.2) is 16.8 Å². The quantitative estimate of drug-likeness (QED) is 0.604. The smallest absolute Gasteiger partial charge is 0.268 e. The van der Waals surface area contributed by atoms with Crippen LogP contribution in [0.15, 0.2) is 54.6 Å². The zero-order valence-electron chi connectivity index (χ0n) is 16.6. The molecule has 0 fully saturated rings. The van der Waals surface area contributed by atoms with Gasteiger partial charge in [-0.1, -0.05) is 69.3 Å². The zero-order chi connectivity index (χ0) is 20.3. The summed E-state index contributed by atoms with van der Waals surface area (Å²) in [5, 5.41) is 4.00. The van der Waals surface area contributed by atoms with E-state index in [-0.39, 0.29) is 23.8 Å². The Balaban J connectivity index is 1.97. The maximum Gasteiger partial charge on any atom is 0.268 e. The number of rotatable bonds is 6. The van der Waals surface area contributed by atoms with Crippen molar-refractivity contribution in [1.82, 2.24) is 10.3 Å². The lowest BCUT2D eigenvalue weighted by Gasteiger charge is -2.27. The molecule has 1 unspecified atom stereocenters. The van der Waals surface area contributed by atoms with Gasteiger partial charge in [0.1, 0.15) is 5.69 Å². The van der Waals surface area contributed by atoms with Gasteiger partial charge in [0, 0.05) is 10.9 Å². The normalized spacial score (nSPS) is 12.7. The first-order valence-electron chi connectivity index (χ1n) is 9.48. The summed E-state index contributed by atoms with van der Waals surface area (Å²) in [6.45, 7) is 6.45. The van der Waals surface area contributed by atoms with Gasteiger partial charge >= 0.3 is 0 Å². The van der Waals surface area contributed by atoms with Crippen LogP contribution in [0.2, 0.25) is 0 Å². The SMILES string of the molecule is CC(C)(C)CC(NC(=O)c1[nH]c2ccccc2c1CC(N)=O)c1ccccc1. The number of nitrogens with two attached hydrogens (primary N) is 1. The molecule has 0 spiro atoms. The third-order valence-corrected chi connectivity index (χ3v) is 4.72. The lowest BCUT2D eigenvalue weighted by atomic mass is 9.85. The van der Waals surface area contributed by atoms with Crippen LogP contribution in [-0.2, 0) is 11.2 Å². The van der Waals surface area contributed by atoms with E-state index in [0.717, 1.165) is 22.9 Å². The van der Waals surface area contributed by atoms with E-state index in [4.69, 9.17) is 5.73 Å². The lowest BCUT2D eigenvalue weighted by molar-refractivity contribution is -0.117. The standard InChI is InChI=1S/C23H27N3O2/c1-23(2,3)14-19(15-9-5-4-6-10-15)26-22(28)21-17(13-20(24)27)16-11-7-8-12-18(16)25-21/h4-12,19,25H,13-14H2,1-3H3,(H2,24,27)(H,26,28). The highest BCUT2D eigenvalue weighted by Gasteiger charge is 2.25. The minimum Gasteiger partial charge on any atom is -0.369 e. The van der Waals surface area contributed by atoms with E-state index in [2.05, 4.69) is 31.1 Å². The van der Waals surface area contributed by atoms with E-state index in [9.17, 15) is 9.59 Å². The summed E-state index contributed by atoms with van der Waals surface area (Å²) in [6.07, 6.45) is 0.802. The second-order valence-corrected chi connectivity index (χ2v) is 8.37. The predicted octanol–water partition coefficient (Wildman–Crippen LogP) is 4.10. The maximum atomic E-state index is 13.2. The molecule has 0 saturated heterocycles. The highest BCUT2D eigenvalue weighted by molar-refractivity contribution is 6.03. The van der Waals surface area contributed by atoms with Gasteiger partial charge in [-0.3, -0.25) is 9.59 Å². The highest BCUT2D eigenvalue weighted by atomic mass is 16.2. The Labute approximate surface area is 165 Å². The molecule has 0 aliphatic heterocycles. The number of H-pyrrole nitrogens is 1. The van der Waals surface area contributed by atoms with Gasteiger partial charge in [0.05, 0.1) is 12.5 Å². The predicted molar refractivity (Wildman–Crippen MR) is 112 cm³/mol. The molecule has 3 aromatic rings. The van der Waals surface area contributed by atoms with Gasteiger partial charge in [0.2, 0.25) is 5.91 Å². The molecule has 0 aliphatic carbocycles. The van der Waals surface area contributed by atoms with Gasteiger partial charge in [-0.25, -0.2) is 0 Å². The molecular weight excluding hydrogens is 350 g/mol. The number of aromatic nitrogens is 1. The summed E-state index contributed by atoms with van der Waals surface area (Å²) in [5.41, 5.74) is 8.38. The minimum absolute atomic E-state index is 0.0159. The molecule has 2 aromatic carbocycles. The molecule has 5 nitrogen and oxygen atoms in total. The number of hydrogen-bond donors (Lipinski definition) is 3. The first-order valence-corrected chi connectivity index (χ1v) is 9.48. The van der Waals surface area contributed by atoms with Gasteiger partial charge in [-0.2, -0.15) is 0 Å². The summed E-state index contributed by atoms with van der Waals surface area (Å²) < 4.78 is 0. The molecule has 1 heterocycles. The number of benzene rings is 2. The van der Waals surface area contributed by atoms with E-state index in [1.807, 2.05) is 54.6 Å². The van der Waals surface area contributed by atoms with Crippen LogP contribution in [0.4, 0.5) is 0 Å². The van der Waals surface area contributed by atoms with Crippen molar-refractivity contribution in [2.45, 2.75) is 39.7 Å². The van der Waals surface area contributed by atoms with Crippen LogP contribution < -0.4 is 11.1 Å². The highest BCUT2D eigenvalue weighted by Crippen LogP contribution is 2.30. The number of carbonyl (C=O) groups excluding carboxylic acids is 2. The van der Waals surface area contributed by atoms with Crippen molar-refractivity contribution in [1.29, 1.82) is 0 Å². The molecule has 3 rings (SSSR count). The molecular formula is C23H27N3O2. The fourth-order valence-corrected chi connectivity index (χ4v) is 3.53. The number of nitrogens with one attached hydrogen (secondary N) is 2. The van der Waals surface area contributed by atoms with Crippen molar-refractivity contribution < 1.29 is 9.59 Å². The average molecular weight is 377 g/mol. The number of para-hydroxylation sites is 1. The summed E-state index contributed by atoms with van der Waals surface area (Å²) in [7, 11) is 0. The maximum absolute atomic E-state index is 13.2. The average Bonchev–Trinajstić information content (AvgIpc) is 2.99. The number of amides is 2. The van der Waals surface area contributed by atoms with E-state index < -0.39 is 5.91 Å². The number of hydrogen-bond acceptors (Lipinski definition) is 2. The number of aromatic amines is 1. The number of primary amides is 1. The van der Waals surface area contributed by atoms with Crippen LogP contribution in [0.25, 0.3) is 10.9 Å². The van der Waals surface area contributed by atoms with Crippen LogP contribution >= 0.6 is 0 Å². The van der Waals surface area contributed by atoms with Crippen molar-refractivity contribution in [2.75, 3.05) is 0 Å². The van der Waals surface area contributed by atoms with Gasteiger partial charge in [-0.15, -0.1) is 0 Å². The van der Waals surface area contributed by atoms with Crippen molar-refractivity contribution in [3.8, 4) is 0 Å². The second kappa shape index (κ2) is 7.89. The third-order valence-electron chi connectivity index (χ3n) is 4.72. The van der Waals surface area contributed by atoms with E-state index in [1.165, 1.54) is 0 Å². The molecule has 28 heavy (non-hydrogen) atoms. The molecule has 2 amide bonds. The Morgan fingerprint density at radius 1 is 1.04 bits per heavy atom. The van der Waals surface area contributed by atoms with Gasteiger partial charge in [0.15, 0.2) is 0 Å². The summed E-state index contributed by atoms with van der Waals surface area (Å²) in [6, 6.07) is 17.4. The van der Waals surface area contributed by atoms with Crippen LogP contribution in [0, 0.1) is 5.41 Å². The molecule has 146 valence electrons. The van der Waals surface area contributed by atoms with Crippen LogP contribution in [0.3, 0.4) is 0 Å². The lowest BCUT2D eigenvalue weighted by Crippen LogP contribution is -2.32. The Hall–Kier alpha value is -3.08. The van der Waals surface area contributed by atoms with Crippen molar-refractivity contribution in [2.24, 2.45) is 11.1 Å². The second-order valence-electron chi connectivity index (χ2n) is 8.37. The first-order chi connectivity index (χ1) is 13.2. The zero-order valence-corrected chi connectivity index (χ0v) is 16.6. The van der Waals surface area contributed by atoms with Crippen LogP contribution in [0.5, 0.6) is 0 Å². The summed E-state index contributed by atoms with van der Waals surface area (Å²) in [4.78, 5) is 28.0. The molecule has 1 atom stereocenters. The van der Waals surface area contributed by atoms with Gasteiger partial charge in [0.25, 0.3) is 5.91 Å². The largest absolute Gasteiger partial charge is 0.369 e. The molecule has 0 aliphatic rings. The van der Waals surface area contributed by atoms with Gasteiger partial charge < -0.3 is 16.0 Å². The molecule has 1 aromatic heterocycles. The van der Waals surface area contributed by atoms with Crippen molar-refractivity contribution in [3.63, 3.8) is 0 Å². The number of carbonyl (C=O) groups is 2.